The number of benzene rings is 1. The van der Waals surface area contributed by atoms with Gasteiger partial charge in [-0.15, -0.1) is 0 Å². The standard InChI is InChI=1S/C14H8F3N3O7S/c15-14(16,17)8-5-7(19(23)24)1-2-9(8)18-11(21)6-27-13(22)10-3-4-12(28-10)20(25)26/h1-5H,6H2,(H,18,21). The Hall–Kier alpha value is -3.55. The summed E-state index contributed by atoms with van der Waals surface area (Å²) in [5.74, 6) is -2.22. The van der Waals surface area contributed by atoms with Crippen molar-refractivity contribution < 1.29 is 37.3 Å². The number of hydrogen-bond donors (Lipinski definition) is 1. The van der Waals surface area contributed by atoms with Crippen molar-refractivity contribution in [1.29, 1.82) is 0 Å². The van der Waals surface area contributed by atoms with E-state index in [1.165, 1.54) is 0 Å². The lowest BCUT2D eigenvalue weighted by Gasteiger charge is -2.13. The largest absolute Gasteiger partial charge is 0.451 e. The number of amides is 1. The van der Waals surface area contributed by atoms with Crippen LogP contribution in [0.1, 0.15) is 15.2 Å². The van der Waals surface area contributed by atoms with E-state index in [-0.39, 0.29) is 15.9 Å². The molecule has 14 heteroatoms. The summed E-state index contributed by atoms with van der Waals surface area (Å²) >= 11 is 0.497. The minimum atomic E-state index is -4.98. The van der Waals surface area contributed by atoms with Crippen molar-refractivity contribution in [2.24, 2.45) is 0 Å². The van der Waals surface area contributed by atoms with Crippen LogP contribution < -0.4 is 5.32 Å². The quantitative estimate of drug-likeness (QED) is 0.430. The predicted molar refractivity (Wildman–Crippen MR) is 88.0 cm³/mol. The lowest BCUT2D eigenvalue weighted by Crippen LogP contribution is -2.22. The third-order valence-corrected chi connectivity index (χ3v) is 4.12. The third-order valence-electron chi connectivity index (χ3n) is 3.10. The van der Waals surface area contributed by atoms with Crippen LogP contribution in [-0.2, 0) is 15.7 Å². The molecule has 0 bridgehead atoms. The van der Waals surface area contributed by atoms with E-state index in [1.807, 2.05) is 5.32 Å². The van der Waals surface area contributed by atoms with Gasteiger partial charge in [0.2, 0.25) is 0 Å². The van der Waals surface area contributed by atoms with Crippen LogP contribution in [0.4, 0.5) is 29.5 Å². The first-order valence-electron chi connectivity index (χ1n) is 7.06. The van der Waals surface area contributed by atoms with E-state index in [4.69, 9.17) is 0 Å². The Morgan fingerprint density at radius 1 is 1.11 bits per heavy atom. The average Bonchev–Trinajstić information content (AvgIpc) is 3.09. The summed E-state index contributed by atoms with van der Waals surface area (Å²) in [7, 11) is 0. The fourth-order valence-corrected chi connectivity index (χ4v) is 2.63. The maximum atomic E-state index is 13.0. The number of halogens is 3. The van der Waals surface area contributed by atoms with Crippen molar-refractivity contribution in [2.75, 3.05) is 11.9 Å². The molecular formula is C14H8F3N3O7S. The number of nitrogens with zero attached hydrogens (tertiary/aromatic N) is 2. The van der Waals surface area contributed by atoms with Crippen molar-refractivity contribution in [2.45, 2.75) is 6.18 Å². The summed E-state index contributed by atoms with van der Waals surface area (Å²) in [4.78, 5) is 42.7. The number of anilines is 1. The monoisotopic (exact) mass is 419 g/mol. The Bertz CT molecular complexity index is 958. The van der Waals surface area contributed by atoms with Crippen LogP contribution in [0.25, 0.3) is 0 Å². The number of rotatable bonds is 6. The van der Waals surface area contributed by atoms with Gasteiger partial charge in [0.25, 0.3) is 11.6 Å². The number of nitrogens with one attached hydrogen (secondary N) is 1. The molecule has 1 N–H and O–H groups in total. The van der Waals surface area contributed by atoms with Gasteiger partial charge in [-0.1, -0.05) is 11.3 Å². The molecule has 1 aromatic heterocycles. The highest BCUT2D eigenvalue weighted by Crippen LogP contribution is 2.37. The minimum Gasteiger partial charge on any atom is -0.451 e. The van der Waals surface area contributed by atoms with E-state index < -0.39 is 51.4 Å². The molecule has 0 saturated carbocycles. The van der Waals surface area contributed by atoms with Crippen LogP contribution in [0, 0.1) is 20.2 Å². The molecule has 1 heterocycles. The zero-order chi connectivity index (χ0) is 21.1. The van der Waals surface area contributed by atoms with Gasteiger partial charge in [-0.3, -0.25) is 25.0 Å². The van der Waals surface area contributed by atoms with Gasteiger partial charge in [0.1, 0.15) is 4.88 Å². The second kappa shape index (κ2) is 7.99. The number of carbonyl (C=O) groups excluding carboxylic acids is 2. The molecule has 148 valence electrons. The maximum absolute atomic E-state index is 13.0. The van der Waals surface area contributed by atoms with Crippen molar-refractivity contribution in [3.8, 4) is 0 Å². The van der Waals surface area contributed by atoms with Gasteiger partial charge in [-0.2, -0.15) is 13.2 Å². The van der Waals surface area contributed by atoms with E-state index in [0.29, 0.717) is 17.4 Å². The lowest BCUT2D eigenvalue weighted by atomic mass is 10.1. The van der Waals surface area contributed by atoms with Crippen LogP contribution in [0.5, 0.6) is 0 Å². The highest BCUT2D eigenvalue weighted by atomic mass is 32.1. The summed E-state index contributed by atoms with van der Waals surface area (Å²) in [5, 5.41) is 22.7. The summed E-state index contributed by atoms with van der Waals surface area (Å²) in [5.41, 5.74) is -3.03. The molecule has 0 unspecified atom stereocenters. The lowest BCUT2D eigenvalue weighted by molar-refractivity contribution is -0.385. The predicted octanol–water partition coefficient (Wildman–Crippen LogP) is 3.38. The van der Waals surface area contributed by atoms with E-state index in [2.05, 4.69) is 4.74 Å². The SMILES string of the molecule is O=C(COC(=O)c1ccc([N+](=O)[O-])s1)Nc1ccc([N+](=O)[O-])cc1C(F)(F)F. The van der Waals surface area contributed by atoms with E-state index >= 15 is 0 Å². The highest BCUT2D eigenvalue weighted by Gasteiger charge is 2.35. The molecule has 2 aromatic rings. The molecule has 10 nitrogen and oxygen atoms in total. The van der Waals surface area contributed by atoms with Gasteiger partial charge in [-0.25, -0.2) is 4.79 Å². The molecule has 0 spiro atoms. The highest BCUT2D eigenvalue weighted by molar-refractivity contribution is 7.17. The van der Waals surface area contributed by atoms with Gasteiger partial charge in [0.15, 0.2) is 6.61 Å². The van der Waals surface area contributed by atoms with Crippen LogP contribution in [0.3, 0.4) is 0 Å². The van der Waals surface area contributed by atoms with Crippen molar-refractivity contribution in [1.82, 2.24) is 0 Å². The molecular weight excluding hydrogens is 411 g/mol. The minimum absolute atomic E-state index is 0.175. The van der Waals surface area contributed by atoms with Crippen LogP contribution in [0.15, 0.2) is 30.3 Å². The molecule has 0 aliphatic carbocycles. The Labute approximate surface area is 156 Å². The number of nitro benzene ring substituents is 1. The summed E-state index contributed by atoms with van der Waals surface area (Å²) in [6.07, 6.45) is -4.98. The van der Waals surface area contributed by atoms with Crippen LogP contribution in [0.2, 0.25) is 0 Å². The Morgan fingerprint density at radius 2 is 1.79 bits per heavy atom. The molecule has 0 aliphatic heterocycles. The Balaban J connectivity index is 2.07. The molecule has 0 radical (unpaired) electrons. The number of hydrogen-bond acceptors (Lipinski definition) is 8. The first-order chi connectivity index (χ1) is 13.0. The topological polar surface area (TPSA) is 142 Å². The zero-order valence-electron chi connectivity index (χ0n) is 13.4. The van der Waals surface area contributed by atoms with E-state index in [1.54, 1.807) is 0 Å². The summed E-state index contributed by atoms with van der Waals surface area (Å²) in [6.45, 7) is -0.973. The Morgan fingerprint density at radius 3 is 2.32 bits per heavy atom. The fourth-order valence-electron chi connectivity index (χ4n) is 1.91. The second-order valence-corrected chi connectivity index (χ2v) is 6.07. The number of non-ortho nitro benzene ring substituents is 1. The van der Waals surface area contributed by atoms with Crippen LogP contribution in [-0.4, -0.2) is 28.3 Å². The first kappa shape index (κ1) is 20.8. The molecule has 28 heavy (non-hydrogen) atoms. The molecule has 1 aromatic carbocycles. The van der Waals surface area contributed by atoms with Crippen LogP contribution >= 0.6 is 11.3 Å². The molecule has 0 aliphatic rings. The van der Waals surface area contributed by atoms with E-state index in [0.717, 1.165) is 18.2 Å². The van der Waals surface area contributed by atoms with Gasteiger partial charge in [0.05, 0.1) is 21.1 Å². The fraction of sp³-hybridized carbons (Fsp3) is 0.143. The van der Waals surface area contributed by atoms with E-state index in [9.17, 15) is 43.0 Å². The summed E-state index contributed by atoms with van der Waals surface area (Å²) in [6, 6.07) is 3.87. The van der Waals surface area contributed by atoms with Crippen molar-refractivity contribution in [3.05, 3.63) is 61.0 Å². The summed E-state index contributed by atoms with van der Waals surface area (Å²) < 4.78 is 43.7. The number of carbonyl (C=O) groups is 2. The van der Waals surface area contributed by atoms with Gasteiger partial charge < -0.3 is 10.1 Å². The smallest absolute Gasteiger partial charge is 0.418 e. The number of esters is 1. The number of ether oxygens (including phenoxy) is 1. The second-order valence-electron chi connectivity index (χ2n) is 5.00. The maximum Gasteiger partial charge on any atom is 0.418 e. The first-order valence-corrected chi connectivity index (χ1v) is 7.87. The van der Waals surface area contributed by atoms with Crippen molar-refractivity contribution >= 4 is 39.6 Å². The van der Waals surface area contributed by atoms with Gasteiger partial charge >= 0.3 is 17.1 Å². The number of nitro groups is 2. The van der Waals surface area contributed by atoms with Gasteiger partial charge in [-0.05, 0) is 12.1 Å². The molecule has 0 fully saturated rings. The normalized spacial score (nSPS) is 11.0. The molecule has 0 atom stereocenters. The molecule has 1 amide bonds. The number of thiophene rings is 1. The molecule has 0 saturated heterocycles. The number of alkyl halides is 3. The molecule has 2 rings (SSSR count). The average molecular weight is 419 g/mol. The zero-order valence-corrected chi connectivity index (χ0v) is 14.2. The van der Waals surface area contributed by atoms with Gasteiger partial charge in [0, 0.05) is 18.2 Å². The van der Waals surface area contributed by atoms with Crippen molar-refractivity contribution in [3.63, 3.8) is 0 Å². The Kier molecular flexibility index (Phi) is 5.93. The third kappa shape index (κ3) is 5.00.